The molecule has 2 aromatic rings. The molecule has 1 heterocycles. The van der Waals surface area contributed by atoms with E-state index in [1.807, 2.05) is 38.1 Å². The van der Waals surface area contributed by atoms with Crippen LogP contribution in [0.15, 0.2) is 48.5 Å². The number of ether oxygens (including phenoxy) is 1. The van der Waals surface area contributed by atoms with E-state index in [-0.39, 0.29) is 23.8 Å². The summed E-state index contributed by atoms with van der Waals surface area (Å²) in [5.74, 6) is 0.299. The van der Waals surface area contributed by atoms with Gasteiger partial charge >= 0.3 is 0 Å². The van der Waals surface area contributed by atoms with E-state index < -0.39 is 6.04 Å². The lowest BCUT2D eigenvalue weighted by molar-refractivity contribution is -0.124. The topological polar surface area (TPSA) is 67.4 Å². The van der Waals surface area contributed by atoms with Crippen LogP contribution in [0.2, 0.25) is 5.02 Å². The van der Waals surface area contributed by atoms with Crippen molar-refractivity contribution in [1.29, 1.82) is 0 Å². The minimum Gasteiger partial charge on any atom is -0.488 e. The first kappa shape index (κ1) is 19.2. The molecular weight excluding hydrogens is 364 g/mol. The molecule has 0 bridgehead atoms. The Kier molecular flexibility index (Phi) is 6.01. The first-order chi connectivity index (χ1) is 12.9. The lowest BCUT2D eigenvalue weighted by Crippen LogP contribution is -2.51. The molecule has 0 fully saturated rings. The number of carbonyl (C=O) groups excluding carboxylic acids is 2. The fourth-order valence-corrected chi connectivity index (χ4v) is 3.18. The molecule has 2 atom stereocenters. The maximum atomic E-state index is 12.6. The highest BCUT2D eigenvalue weighted by molar-refractivity contribution is 6.30. The average Bonchev–Trinajstić information content (AvgIpc) is 3.07. The molecule has 0 saturated heterocycles. The Morgan fingerprint density at radius 2 is 1.85 bits per heavy atom. The maximum absolute atomic E-state index is 12.6. The van der Waals surface area contributed by atoms with Gasteiger partial charge in [-0.3, -0.25) is 9.59 Å². The molecular formula is C21H23ClN2O3. The molecule has 0 aromatic heterocycles. The number of hydrogen-bond acceptors (Lipinski definition) is 3. The molecule has 2 amide bonds. The summed E-state index contributed by atoms with van der Waals surface area (Å²) in [6.45, 7) is 4.19. The van der Waals surface area contributed by atoms with Gasteiger partial charge in [0.2, 0.25) is 5.91 Å². The number of halogens is 1. The van der Waals surface area contributed by atoms with E-state index in [0.29, 0.717) is 17.1 Å². The van der Waals surface area contributed by atoms with E-state index in [4.69, 9.17) is 16.3 Å². The average molecular weight is 387 g/mol. The summed E-state index contributed by atoms with van der Waals surface area (Å²) in [7, 11) is 0. The van der Waals surface area contributed by atoms with Crippen molar-refractivity contribution in [2.75, 3.05) is 6.54 Å². The lowest BCUT2D eigenvalue weighted by Gasteiger charge is -2.22. The molecule has 6 heteroatoms. The predicted octanol–water partition coefficient (Wildman–Crippen LogP) is 3.21. The summed E-state index contributed by atoms with van der Waals surface area (Å²) in [5, 5.41) is 6.27. The molecule has 2 N–H and O–H groups in total. The molecule has 2 unspecified atom stereocenters. The zero-order chi connectivity index (χ0) is 19.4. The van der Waals surface area contributed by atoms with Gasteiger partial charge in [0.15, 0.2) is 0 Å². The Morgan fingerprint density at radius 3 is 2.52 bits per heavy atom. The van der Waals surface area contributed by atoms with Gasteiger partial charge in [-0.1, -0.05) is 43.6 Å². The van der Waals surface area contributed by atoms with Crippen LogP contribution in [0.5, 0.6) is 5.75 Å². The second-order valence-electron chi connectivity index (χ2n) is 7.00. The van der Waals surface area contributed by atoms with Crippen molar-refractivity contribution in [3.63, 3.8) is 0 Å². The fourth-order valence-electron chi connectivity index (χ4n) is 3.05. The van der Waals surface area contributed by atoms with Crippen LogP contribution in [0, 0.1) is 5.92 Å². The summed E-state index contributed by atoms with van der Waals surface area (Å²) in [6, 6.07) is 13.8. The Labute approximate surface area is 164 Å². The Bertz CT molecular complexity index is 795. The van der Waals surface area contributed by atoms with Crippen molar-refractivity contribution < 1.29 is 14.3 Å². The third kappa shape index (κ3) is 4.80. The van der Waals surface area contributed by atoms with Gasteiger partial charge in [0.1, 0.15) is 17.9 Å². The monoisotopic (exact) mass is 386 g/mol. The van der Waals surface area contributed by atoms with Crippen LogP contribution in [-0.4, -0.2) is 30.5 Å². The zero-order valence-electron chi connectivity index (χ0n) is 15.4. The van der Waals surface area contributed by atoms with Gasteiger partial charge in [-0.2, -0.15) is 0 Å². The Morgan fingerprint density at radius 1 is 1.15 bits per heavy atom. The van der Waals surface area contributed by atoms with Crippen LogP contribution < -0.4 is 15.4 Å². The van der Waals surface area contributed by atoms with Gasteiger partial charge in [0, 0.05) is 17.0 Å². The summed E-state index contributed by atoms with van der Waals surface area (Å²) >= 11 is 5.85. The minimum absolute atomic E-state index is 0.0528. The first-order valence-corrected chi connectivity index (χ1v) is 9.40. The number of para-hydroxylation sites is 1. The highest BCUT2D eigenvalue weighted by atomic mass is 35.5. The molecule has 1 aliphatic rings. The number of rotatable bonds is 6. The first-order valence-electron chi connectivity index (χ1n) is 9.02. The third-order valence-corrected chi connectivity index (χ3v) is 4.81. The Balaban J connectivity index is 1.56. The number of fused-ring (bicyclic) bond motifs is 1. The van der Waals surface area contributed by atoms with Crippen LogP contribution in [0.1, 0.15) is 29.8 Å². The van der Waals surface area contributed by atoms with Crippen LogP contribution in [-0.2, 0) is 11.2 Å². The quantitative estimate of drug-likeness (QED) is 0.801. The molecule has 142 valence electrons. The van der Waals surface area contributed by atoms with Gasteiger partial charge < -0.3 is 15.4 Å². The largest absolute Gasteiger partial charge is 0.488 e. The molecule has 0 aliphatic carbocycles. The molecule has 0 spiro atoms. The molecule has 0 saturated carbocycles. The lowest BCUT2D eigenvalue weighted by atomic mass is 10.0. The molecule has 2 aromatic carbocycles. The standard InChI is InChI=1S/C21H23ClN2O3/c1-13(2)19(24-20(25)14-7-9-16(22)10-8-14)21(26)23-12-17-11-15-5-3-4-6-18(15)27-17/h3-10,13,17,19H,11-12H2,1-2H3,(H,23,26)(H,24,25). The highest BCUT2D eigenvalue weighted by Crippen LogP contribution is 2.27. The maximum Gasteiger partial charge on any atom is 0.251 e. The van der Waals surface area contributed by atoms with Crippen LogP contribution >= 0.6 is 11.6 Å². The number of benzene rings is 2. The zero-order valence-corrected chi connectivity index (χ0v) is 16.1. The van der Waals surface area contributed by atoms with Gasteiger partial charge in [-0.15, -0.1) is 0 Å². The fraction of sp³-hybridized carbons (Fsp3) is 0.333. The van der Waals surface area contributed by atoms with Crippen molar-refractivity contribution in [3.8, 4) is 5.75 Å². The number of amides is 2. The van der Waals surface area contributed by atoms with E-state index in [9.17, 15) is 9.59 Å². The molecule has 5 nitrogen and oxygen atoms in total. The summed E-state index contributed by atoms with van der Waals surface area (Å²) in [6.07, 6.45) is 0.672. The summed E-state index contributed by atoms with van der Waals surface area (Å²) in [5.41, 5.74) is 1.61. The number of nitrogens with one attached hydrogen (secondary N) is 2. The van der Waals surface area contributed by atoms with Crippen molar-refractivity contribution in [1.82, 2.24) is 10.6 Å². The van der Waals surface area contributed by atoms with E-state index in [2.05, 4.69) is 10.6 Å². The van der Waals surface area contributed by atoms with Crippen molar-refractivity contribution in [2.45, 2.75) is 32.4 Å². The van der Waals surface area contributed by atoms with Crippen LogP contribution in [0.3, 0.4) is 0 Å². The smallest absolute Gasteiger partial charge is 0.251 e. The van der Waals surface area contributed by atoms with Gasteiger partial charge in [-0.25, -0.2) is 0 Å². The minimum atomic E-state index is -0.628. The van der Waals surface area contributed by atoms with Crippen molar-refractivity contribution in [3.05, 3.63) is 64.7 Å². The third-order valence-electron chi connectivity index (χ3n) is 4.56. The van der Waals surface area contributed by atoms with E-state index in [1.54, 1.807) is 24.3 Å². The SMILES string of the molecule is CC(C)C(NC(=O)c1ccc(Cl)cc1)C(=O)NCC1Cc2ccccc2O1. The van der Waals surface area contributed by atoms with E-state index >= 15 is 0 Å². The molecule has 0 radical (unpaired) electrons. The second kappa shape index (κ2) is 8.44. The highest BCUT2D eigenvalue weighted by Gasteiger charge is 2.27. The molecule has 3 rings (SSSR count). The van der Waals surface area contributed by atoms with Gasteiger partial charge in [-0.05, 0) is 41.8 Å². The molecule has 27 heavy (non-hydrogen) atoms. The normalized spacial score (nSPS) is 16.4. The van der Waals surface area contributed by atoms with Gasteiger partial charge in [0.05, 0.1) is 6.54 Å². The summed E-state index contributed by atoms with van der Waals surface area (Å²) < 4.78 is 5.84. The van der Waals surface area contributed by atoms with E-state index in [0.717, 1.165) is 17.7 Å². The van der Waals surface area contributed by atoms with Gasteiger partial charge in [0.25, 0.3) is 5.91 Å². The number of hydrogen-bond donors (Lipinski definition) is 2. The second-order valence-corrected chi connectivity index (χ2v) is 7.44. The van der Waals surface area contributed by atoms with Crippen LogP contribution in [0.25, 0.3) is 0 Å². The van der Waals surface area contributed by atoms with Crippen molar-refractivity contribution in [2.24, 2.45) is 5.92 Å². The van der Waals surface area contributed by atoms with E-state index in [1.165, 1.54) is 0 Å². The predicted molar refractivity (Wildman–Crippen MR) is 105 cm³/mol. The Hall–Kier alpha value is -2.53. The van der Waals surface area contributed by atoms with Crippen LogP contribution in [0.4, 0.5) is 0 Å². The summed E-state index contributed by atoms with van der Waals surface area (Å²) in [4.78, 5) is 25.1. The van der Waals surface area contributed by atoms with Crippen molar-refractivity contribution >= 4 is 23.4 Å². The number of carbonyl (C=O) groups is 2. The molecule has 1 aliphatic heterocycles.